The zero-order chi connectivity index (χ0) is 28.7. The number of halogens is 1. The van der Waals surface area contributed by atoms with E-state index in [-0.39, 0.29) is 23.4 Å². The molecule has 0 fully saturated rings. The summed E-state index contributed by atoms with van der Waals surface area (Å²) in [6.07, 6.45) is 0.583. The molecule has 0 spiro atoms. The SMILES string of the molecule is CCc1ccccc1N(CC(=O)N(Cc1ccc(Br)cc1)C(C)C(=O)NC(C)C)S(=O)(=O)c1ccc(C)cc1. The van der Waals surface area contributed by atoms with Gasteiger partial charge in [0.25, 0.3) is 10.0 Å². The third kappa shape index (κ3) is 7.70. The van der Waals surface area contributed by atoms with Gasteiger partial charge in [0.15, 0.2) is 0 Å². The highest BCUT2D eigenvalue weighted by atomic mass is 79.9. The Bertz CT molecular complexity index is 1390. The molecule has 0 aromatic heterocycles. The average molecular weight is 615 g/mol. The minimum absolute atomic E-state index is 0.0943. The van der Waals surface area contributed by atoms with Crippen LogP contribution in [-0.2, 0) is 32.6 Å². The first-order valence-electron chi connectivity index (χ1n) is 13.0. The summed E-state index contributed by atoms with van der Waals surface area (Å²) in [6.45, 7) is 8.87. The van der Waals surface area contributed by atoms with Crippen molar-refractivity contribution in [3.63, 3.8) is 0 Å². The molecule has 0 aliphatic rings. The van der Waals surface area contributed by atoms with E-state index in [9.17, 15) is 18.0 Å². The van der Waals surface area contributed by atoms with Gasteiger partial charge in [-0.25, -0.2) is 8.42 Å². The van der Waals surface area contributed by atoms with Crippen LogP contribution >= 0.6 is 15.9 Å². The van der Waals surface area contributed by atoms with Crippen molar-refractivity contribution in [2.24, 2.45) is 0 Å². The van der Waals surface area contributed by atoms with E-state index in [0.717, 1.165) is 21.2 Å². The molecule has 1 unspecified atom stereocenters. The number of hydrogen-bond donors (Lipinski definition) is 1. The number of para-hydroxylation sites is 1. The normalized spacial score (nSPS) is 12.2. The Labute approximate surface area is 240 Å². The highest BCUT2D eigenvalue weighted by molar-refractivity contribution is 9.10. The van der Waals surface area contributed by atoms with Crippen LogP contribution in [0.2, 0.25) is 0 Å². The Kier molecular flexibility index (Phi) is 10.3. The number of rotatable bonds is 11. The van der Waals surface area contributed by atoms with Crippen LogP contribution in [0.25, 0.3) is 0 Å². The van der Waals surface area contributed by atoms with Gasteiger partial charge in [0.1, 0.15) is 12.6 Å². The summed E-state index contributed by atoms with van der Waals surface area (Å²) in [6, 6.07) is 20.3. The van der Waals surface area contributed by atoms with Crippen molar-refractivity contribution < 1.29 is 18.0 Å². The molecule has 0 radical (unpaired) electrons. The molecule has 0 aliphatic carbocycles. The summed E-state index contributed by atoms with van der Waals surface area (Å²) in [5.41, 5.74) is 2.98. The number of aryl methyl sites for hydroxylation is 2. The highest BCUT2D eigenvalue weighted by Gasteiger charge is 2.33. The van der Waals surface area contributed by atoms with E-state index in [1.807, 2.05) is 64.1 Å². The summed E-state index contributed by atoms with van der Waals surface area (Å²) >= 11 is 3.42. The molecular weight excluding hydrogens is 578 g/mol. The molecule has 0 aliphatic heterocycles. The second-order valence-corrected chi connectivity index (χ2v) is 12.6. The molecule has 1 N–H and O–H groups in total. The highest BCUT2D eigenvalue weighted by Crippen LogP contribution is 2.28. The number of carbonyl (C=O) groups is 2. The van der Waals surface area contributed by atoms with Gasteiger partial charge in [-0.05, 0) is 75.6 Å². The average Bonchev–Trinajstić information content (AvgIpc) is 2.90. The van der Waals surface area contributed by atoms with Gasteiger partial charge in [0.2, 0.25) is 11.8 Å². The van der Waals surface area contributed by atoms with Crippen LogP contribution in [0.1, 0.15) is 44.4 Å². The quantitative estimate of drug-likeness (QED) is 0.311. The van der Waals surface area contributed by atoms with Crippen molar-refractivity contribution in [3.8, 4) is 0 Å². The van der Waals surface area contributed by atoms with Crippen molar-refractivity contribution >= 4 is 43.5 Å². The predicted octanol–water partition coefficient (Wildman–Crippen LogP) is 5.46. The molecule has 0 saturated heterocycles. The van der Waals surface area contributed by atoms with Crippen LogP contribution in [0.3, 0.4) is 0 Å². The fourth-order valence-corrected chi connectivity index (χ4v) is 5.89. The summed E-state index contributed by atoms with van der Waals surface area (Å²) in [4.78, 5) is 28.5. The second-order valence-electron chi connectivity index (χ2n) is 9.79. The Hall–Kier alpha value is -3.17. The first kappa shape index (κ1) is 30.4. The smallest absolute Gasteiger partial charge is 0.264 e. The van der Waals surface area contributed by atoms with Crippen molar-refractivity contribution in [3.05, 3.63) is 94.0 Å². The lowest BCUT2D eigenvalue weighted by atomic mass is 10.1. The maximum atomic E-state index is 14.0. The Morgan fingerprint density at radius 2 is 1.54 bits per heavy atom. The van der Waals surface area contributed by atoms with Gasteiger partial charge in [-0.3, -0.25) is 13.9 Å². The lowest BCUT2D eigenvalue weighted by molar-refractivity contribution is -0.139. The summed E-state index contributed by atoms with van der Waals surface area (Å²) in [7, 11) is -4.10. The standard InChI is InChI=1S/C30H36BrN3O4S/c1-6-25-9-7-8-10-28(25)34(39(37,38)27-17-11-22(4)12-18-27)20-29(35)33(23(5)30(36)32-21(2)3)19-24-13-15-26(31)16-14-24/h7-18,21,23H,6,19-20H2,1-5H3,(H,32,36). The van der Waals surface area contributed by atoms with Crippen LogP contribution in [-0.4, -0.2) is 43.8 Å². The monoisotopic (exact) mass is 613 g/mol. The van der Waals surface area contributed by atoms with Crippen LogP contribution in [0.15, 0.2) is 82.2 Å². The summed E-state index contributed by atoms with van der Waals surface area (Å²) in [5.74, 6) is -0.789. The van der Waals surface area contributed by atoms with Crippen molar-refractivity contribution in [2.75, 3.05) is 10.8 Å². The molecule has 3 rings (SSSR count). The lowest BCUT2D eigenvalue weighted by Crippen LogP contribution is -2.52. The molecule has 9 heteroatoms. The van der Waals surface area contributed by atoms with Gasteiger partial charge >= 0.3 is 0 Å². The summed E-state index contributed by atoms with van der Waals surface area (Å²) in [5, 5.41) is 2.87. The van der Waals surface area contributed by atoms with Crippen molar-refractivity contribution in [2.45, 2.75) is 64.6 Å². The van der Waals surface area contributed by atoms with Crippen LogP contribution < -0.4 is 9.62 Å². The number of amides is 2. The maximum absolute atomic E-state index is 14.0. The Morgan fingerprint density at radius 1 is 0.923 bits per heavy atom. The molecule has 3 aromatic carbocycles. The first-order chi connectivity index (χ1) is 18.4. The number of nitrogens with zero attached hydrogens (tertiary/aromatic N) is 2. The number of carbonyl (C=O) groups excluding carboxylic acids is 2. The van der Waals surface area contributed by atoms with Crippen LogP contribution in [0.5, 0.6) is 0 Å². The third-order valence-electron chi connectivity index (χ3n) is 6.39. The Morgan fingerprint density at radius 3 is 2.13 bits per heavy atom. The largest absolute Gasteiger partial charge is 0.352 e. The molecule has 1 atom stereocenters. The lowest BCUT2D eigenvalue weighted by Gasteiger charge is -2.33. The third-order valence-corrected chi connectivity index (χ3v) is 8.70. The van der Waals surface area contributed by atoms with Crippen LogP contribution in [0.4, 0.5) is 5.69 Å². The van der Waals surface area contributed by atoms with Crippen molar-refractivity contribution in [1.29, 1.82) is 0 Å². The minimum Gasteiger partial charge on any atom is -0.352 e. The van der Waals surface area contributed by atoms with Crippen LogP contribution in [0, 0.1) is 6.92 Å². The fraction of sp³-hybridized carbons (Fsp3) is 0.333. The van der Waals surface area contributed by atoms with Gasteiger partial charge < -0.3 is 10.2 Å². The van der Waals surface area contributed by atoms with Gasteiger partial charge in [0.05, 0.1) is 10.6 Å². The molecule has 0 saturated carbocycles. The number of anilines is 1. The van der Waals surface area contributed by atoms with E-state index < -0.39 is 28.5 Å². The minimum atomic E-state index is -4.10. The number of hydrogen-bond acceptors (Lipinski definition) is 4. The molecule has 39 heavy (non-hydrogen) atoms. The number of benzene rings is 3. The Balaban J connectivity index is 2.06. The van der Waals surface area contributed by atoms with Gasteiger partial charge in [0, 0.05) is 17.1 Å². The molecule has 208 valence electrons. The molecular formula is C30H36BrN3O4S. The maximum Gasteiger partial charge on any atom is 0.264 e. The molecule has 2 amide bonds. The fourth-order valence-electron chi connectivity index (χ4n) is 4.18. The molecule has 7 nitrogen and oxygen atoms in total. The number of sulfonamides is 1. The topological polar surface area (TPSA) is 86.8 Å². The predicted molar refractivity (Wildman–Crippen MR) is 159 cm³/mol. The van der Waals surface area contributed by atoms with Gasteiger partial charge in [-0.1, -0.05) is 70.9 Å². The van der Waals surface area contributed by atoms with Crippen molar-refractivity contribution in [1.82, 2.24) is 10.2 Å². The number of nitrogens with one attached hydrogen (secondary N) is 1. The van der Waals surface area contributed by atoms with E-state index in [0.29, 0.717) is 12.1 Å². The van der Waals surface area contributed by atoms with Gasteiger partial charge in [-0.2, -0.15) is 0 Å². The van der Waals surface area contributed by atoms with Gasteiger partial charge in [-0.15, -0.1) is 0 Å². The summed E-state index contributed by atoms with van der Waals surface area (Å²) < 4.78 is 30.0. The molecule has 0 bridgehead atoms. The molecule has 3 aromatic rings. The van der Waals surface area contributed by atoms with E-state index >= 15 is 0 Å². The second kappa shape index (κ2) is 13.3. The first-order valence-corrected chi connectivity index (χ1v) is 15.2. The van der Waals surface area contributed by atoms with E-state index in [2.05, 4.69) is 21.2 Å². The van der Waals surface area contributed by atoms with E-state index in [1.54, 1.807) is 43.3 Å². The zero-order valence-electron chi connectivity index (χ0n) is 23.0. The van der Waals surface area contributed by atoms with E-state index in [4.69, 9.17) is 0 Å². The zero-order valence-corrected chi connectivity index (χ0v) is 25.4. The van der Waals surface area contributed by atoms with E-state index in [1.165, 1.54) is 9.21 Å². The molecule has 0 heterocycles.